The first-order valence-electron chi connectivity index (χ1n) is 24.1. The van der Waals surface area contributed by atoms with Crippen LogP contribution in [0.5, 0.6) is 11.5 Å². The Morgan fingerprint density at radius 1 is 0.452 bits per heavy atom. The van der Waals surface area contributed by atoms with Gasteiger partial charge in [0, 0.05) is 23.2 Å². The molecule has 0 aliphatic carbocycles. The minimum atomic E-state index is -5.55. The van der Waals surface area contributed by atoms with Crippen molar-refractivity contribution in [1.82, 2.24) is 0 Å². The molecule has 8 aromatic rings. The summed E-state index contributed by atoms with van der Waals surface area (Å²) in [7, 11) is -41.4. The number of non-ortho nitro benzene ring substituents is 1. The average molecular weight is 1450 g/mol. The number of fused-ring (bicyclic) bond motifs is 2. The van der Waals surface area contributed by atoms with Crippen molar-refractivity contribution in [3.8, 4) is 11.5 Å². The minimum absolute atomic E-state index is 0.0883. The molecule has 39 nitrogen and oxygen atoms in total. The van der Waals surface area contributed by atoms with E-state index in [1.54, 1.807) is 0 Å². The van der Waals surface area contributed by atoms with Gasteiger partial charge in [0.15, 0.2) is 21.3 Å². The molecule has 490 valence electrons. The molecule has 0 unspecified atom stereocenters. The first kappa shape index (κ1) is 69.3. The fourth-order valence-corrected chi connectivity index (χ4v) is 14.1. The number of anilines is 3. The van der Waals surface area contributed by atoms with E-state index in [1.807, 2.05) is 0 Å². The molecule has 0 aliphatic heterocycles. The van der Waals surface area contributed by atoms with E-state index in [1.165, 1.54) is 0 Å². The lowest BCUT2D eigenvalue weighted by molar-refractivity contribution is -0.384. The second-order valence-electron chi connectivity index (χ2n) is 18.4. The molecule has 8 aromatic carbocycles. The normalized spacial score (nSPS) is 13.3. The Morgan fingerprint density at radius 2 is 0.882 bits per heavy atom. The molecule has 0 aromatic heterocycles. The van der Waals surface area contributed by atoms with Crippen molar-refractivity contribution in [1.29, 1.82) is 0 Å². The van der Waals surface area contributed by atoms with Crippen molar-refractivity contribution >= 4 is 171 Å². The molecule has 47 heteroatoms. The van der Waals surface area contributed by atoms with Gasteiger partial charge in [-0.2, -0.15) is 65.8 Å². The van der Waals surface area contributed by atoms with Crippen LogP contribution in [0.1, 0.15) is 0 Å². The highest BCUT2D eigenvalue weighted by Crippen LogP contribution is 2.50. The molecular formula is C46H36N12O27S8. The first-order valence-corrected chi connectivity index (χ1v) is 35.8. The summed E-state index contributed by atoms with van der Waals surface area (Å²) in [5.74, 6) is -3.70. The van der Waals surface area contributed by atoms with Crippen LogP contribution in [0.3, 0.4) is 0 Å². The number of benzene rings is 8. The smallest absolute Gasteiger partial charge is 0.397 e. The number of nitrogen functional groups attached to an aromatic ring is 2. The summed E-state index contributed by atoms with van der Waals surface area (Å²) in [4.78, 5) is 2.82. The van der Waals surface area contributed by atoms with Gasteiger partial charge in [0.05, 0.1) is 66.3 Å². The predicted octanol–water partition coefficient (Wildman–Crippen LogP) is 7.77. The third-order valence-corrected chi connectivity index (χ3v) is 20.2. The molecule has 13 N–H and O–H groups in total. The number of nitrogens with zero attached hydrogens (tertiary/aromatic N) is 9. The average Bonchev–Trinajstić information content (AvgIpc) is 0.745. The van der Waals surface area contributed by atoms with E-state index < -0.39 is 205 Å². The summed E-state index contributed by atoms with van der Waals surface area (Å²) in [5.41, 5.74) is 4.98. The van der Waals surface area contributed by atoms with E-state index in [0.717, 1.165) is 72.8 Å². The maximum Gasteiger partial charge on any atom is 0.397 e. The van der Waals surface area contributed by atoms with Crippen LogP contribution in [0.2, 0.25) is 0 Å². The van der Waals surface area contributed by atoms with Gasteiger partial charge in [0.25, 0.3) is 66.3 Å². The van der Waals surface area contributed by atoms with E-state index in [-0.39, 0.29) is 28.4 Å². The summed E-state index contributed by atoms with van der Waals surface area (Å²) in [5, 5.41) is 60.8. The van der Waals surface area contributed by atoms with Gasteiger partial charge in [-0.1, -0.05) is 0 Å². The van der Waals surface area contributed by atoms with Crippen LogP contribution in [-0.2, 0) is 85.0 Å². The highest BCUT2D eigenvalue weighted by atomic mass is 32.3. The molecule has 0 spiro atoms. The Bertz CT molecular complexity index is 5590. The molecule has 0 heterocycles. The Balaban J connectivity index is 1.07. The van der Waals surface area contributed by atoms with Crippen molar-refractivity contribution in [2.75, 3.05) is 28.5 Å². The van der Waals surface area contributed by atoms with Gasteiger partial charge in [-0.15, -0.1) is 25.6 Å². The number of aromatic hydroxyl groups is 2. The molecule has 0 saturated carbocycles. The number of rotatable bonds is 22. The Hall–Kier alpha value is -9.60. The van der Waals surface area contributed by atoms with Gasteiger partial charge < -0.3 is 21.7 Å². The molecular weight excluding hydrogens is 1410 g/mol. The molecule has 0 atom stereocenters. The van der Waals surface area contributed by atoms with Crippen molar-refractivity contribution in [2.24, 2.45) is 40.9 Å². The zero-order chi connectivity index (χ0) is 68.9. The highest BCUT2D eigenvalue weighted by Gasteiger charge is 2.31. The molecule has 93 heavy (non-hydrogen) atoms. The quantitative estimate of drug-likeness (QED) is 0.0101. The number of nitro benzene ring substituents is 1. The van der Waals surface area contributed by atoms with E-state index in [2.05, 4.69) is 49.8 Å². The lowest BCUT2D eigenvalue weighted by Crippen LogP contribution is -2.16. The first-order chi connectivity index (χ1) is 42.9. The minimum Gasteiger partial charge on any atom is -0.505 e. The van der Waals surface area contributed by atoms with Gasteiger partial charge in [-0.25, -0.2) is 21.0 Å². The van der Waals surface area contributed by atoms with Crippen LogP contribution < -0.4 is 16.2 Å². The van der Waals surface area contributed by atoms with E-state index in [4.69, 9.17) is 16.0 Å². The largest absolute Gasteiger partial charge is 0.505 e. The highest BCUT2D eigenvalue weighted by molar-refractivity contribution is 7.93. The Kier molecular flexibility index (Phi) is 18.7. The fourth-order valence-electron chi connectivity index (χ4n) is 8.12. The van der Waals surface area contributed by atoms with Crippen molar-refractivity contribution < 1.29 is 114 Å². The number of azo groups is 4. The van der Waals surface area contributed by atoms with Crippen LogP contribution in [-0.4, -0.2) is 122 Å². The van der Waals surface area contributed by atoms with Crippen LogP contribution in [0.15, 0.2) is 190 Å². The van der Waals surface area contributed by atoms with Crippen LogP contribution in [0.4, 0.5) is 68.2 Å². The van der Waals surface area contributed by atoms with E-state index >= 15 is 0 Å². The molecule has 0 radical (unpaired) electrons. The van der Waals surface area contributed by atoms with E-state index in [9.17, 15) is 110 Å². The number of hydrogen-bond acceptors (Lipinski definition) is 31. The Morgan fingerprint density at radius 3 is 1.37 bits per heavy atom. The molecule has 0 bridgehead atoms. The van der Waals surface area contributed by atoms with Crippen LogP contribution in [0.25, 0.3) is 21.5 Å². The molecule has 0 amide bonds. The molecule has 0 saturated heterocycles. The van der Waals surface area contributed by atoms with Gasteiger partial charge in [0.2, 0.25) is 0 Å². The Labute approximate surface area is 522 Å². The summed E-state index contributed by atoms with van der Waals surface area (Å²) >= 11 is 0. The summed E-state index contributed by atoms with van der Waals surface area (Å²) in [6.45, 7) is -1.15. The zero-order valence-corrected chi connectivity index (χ0v) is 51.7. The van der Waals surface area contributed by atoms with Crippen molar-refractivity contribution in [3.63, 3.8) is 0 Å². The standard InChI is InChI=1S/C46H36N12O27S8/c47-40-32(53-52-31-14-13-29(19-34(31)89(70,71)72)86(63,64)16-15-85-93(82,83)84)21-33(88(67,68)69)30-20-37(92(79,80)81)44(46(60)39(30)40)56-50-23-1-3-26(4-2-23)57-87(65,66)28-11-7-25(8-12-28)51-55-43-36(91(76,77)78)18-22-17-35(90(73,74)75)42(41(48)38(22)45(43)59)54-49-24-5-9-27(10-6-24)58(61)62/h1-14,17-21,57,59-60H,15-16,47-48H2,(H,67,68,69)(H,70,71,72)(H,73,74,75)(H,76,77,78)(H,79,80,81)(H,82,83,84). The SMILES string of the molecule is Nc1c(N=Nc2ccc([N+](=O)[O-])cc2)c(S(=O)(=O)O)cc2cc(S(=O)(=O)O)c(N=Nc3ccc(S(=O)(=O)Nc4ccc(N=Nc5c(S(=O)(=O)O)cc6c(S(=O)(=O)O)cc(N=Nc7ccc(S(=O)(=O)CCOS(=O)(=O)O)cc7S(=O)(=O)O)c(N)c6c5O)cc4)cc3)c(O)c12. The van der Waals surface area contributed by atoms with Crippen molar-refractivity contribution in [3.05, 3.63) is 125 Å². The summed E-state index contributed by atoms with van der Waals surface area (Å²) in [6, 6.07) is 16.3. The topological polar surface area (TPSA) is 650 Å². The number of hydrogen-bond donors (Lipinski definition) is 11. The molecule has 8 rings (SSSR count). The van der Waals surface area contributed by atoms with Gasteiger partial charge in [0.1, 0.15) is 52.9 Å². The van der Waals surface area contributed by atoms with Gasteiger partial charge >= 0.3 is 10.4 Å². The maximum absolute atomic E-state index is 13.5. The van der Waals surface area contributed by atoms with Gasteiger partial charge in [-0.05, 0) is 109 Å². The second-order valence-corrected chi connectivity index (χ2v) is 30.2. The van der Waals surface area contributed by atoms with Crippen molar-refractivity contribution in [2.45, 2.75) is 34.3 Å². The number of phenolic OH excluding ortho intramolecular Hbond substituents is 2. The number of nitro groups is 1. The summed E-state index contributed by atoms with van der Waals surface area (Å²) < 4.78 is 265. The monoisotopic (exact) mass is 1440 g/mol. The number of sulfone groups is 1. The number of nitrogens with two attached hydrogens (primary N) is 2. The lowest BCUT2D eigenvalue weighted by atomic mass is 10.0. The number of sulfonamides is 1. The second kappa shape index (κ2) is 25.1. The van der Waals surface area contributed by atoms with Gasteiger partial charge in [-0.3, -0.25) is 42.2 Å². The zero-order valence-electron chi connectivity index (χ0n) is 45.2. The lowest BCUT2D eigenvalue weighted by Gasteiger charge is -2.14. The predicted molar refractivity (Wildman–Crippen MR) is 319 cm³/mol. The van der Waals surface area contributed by atoms with E-state index in [0.29, 0.717) is 42.5 Å². The molecule has 0 fully saturated rings. The third kappa shape index (κ3) is 15.7. The van der Waals surface area contributed by atoms with Crippen LogP contribution in [0, 0.1) is 10.1 Å². The third-order valence-electron chi connectivity index (χ3n) is 12.3. The molecule has 0 aliphatic rings. The number of nitrogens with one attached hydrogen (secondary N) is 1. The summed E-state index contributed by atoms with van der Waals surface area (Å²) in [6.07, 6.45) is 0. The maximum atomic E-state index is 13.5. The number of phenols is 2. The van der Waals surface area contributed by atoms with Crippen LogP contribution >= 0.6 is 0 Å². The fraction of sp³-hybridized carbons (Fsp3) is 0.0435.